The molecule has 2 N–H and O–H groups in total. The van der Waals surface area contributed by atoms with E-state index in [-0.39, 0.29) is 0 Å². The molecule has 1 saturated heterocycles. The molecule has 2 heterocycles. The van der Waals surface area contributed by atoms with Gasteiger partial charge in [0.2, 0.25) is 5.89 Å². The molecule has 0 bridgehead atoms. The summed E-state index contributed by atoms with van der Waals surface area (Å²) in [6.07, 6.45) is 8.72. The maximum absolute atomic E-state index is 9.93. The smallest absolute Gasteiger partial charge is 0.227 e. The number of aliphatic imine (C=N–C) groups is 1. The van der Waals surface area contributed by atoms with E-state index in [9.17, 15) is 5.26 Å². The van der Waals surface area contributed by atoms with Crippen LogP contribution in [-0.4, -0.2) is 56.1 Å². The highest BCUT2D eigenvalue weighted by Gasteiger charge is 2.19. The molecule has 0 unspecified atom stereocenters. The number of para-hydroxylation sites is 1. The summed E-state index contributed by atoms with van der Waals surface area (Å²) >= 11 is 0. The number of anilines is 3. The summed E-state index contributed by atoms with van der Waals surface area (Å²) in [5, 5.41) is 16.8. The van der Waals surface area contributed by atoms with Crippen LogP contribution in [0.2, 0.25) is 0 Å². The lowest BCUT2D eigenvalue weighted by atomic mass is 10.1. The largest absolute Gasteiger partial charge is 0.495 e. The van der Waals surface area contributed by atoms with Gasteiger partial charge in [-0.2, -0.15) is 5.26 Å². The van der Waals surface area contributed by atoms with Crippen LogP contribution in [0.15, 0.2) is 87.9 Å². The van der Waals surface area contributed by atoms with Crippen molar-refractivity contribution in [2.45, 2.75) is 26.7 Å². The Kier molecular flexibility index (Phi) is 9.97. The normalized spacial score (nSPS) is 15.1. The molecule has 0 spiro atoms. The zero-order chi connectivity index (χ0) is 28.3. The molecule has 0 amide bonds. The first-order chi connectivity index (χ1) is 19.6. The second-order valence-corrected chi connectivity index (χ2v) is 9.46. The van der Waals surface area contributed by atoms with Crippen molar-refractivity contribution in [2.75, 3.05) is 55.9 Å². The van der Waals surface area contributed by atoms with Gasteiger partial charge < -0.3 is 29.6 Å². The van der Waals surface area contributed by atoms with E-state index in [1.807, 2.05) is 49.4 Å². The minimum absolute atomic E-state index is 0.416. The lowest BCUT2D eigenvalue weighted by molar-refractivity contribution is 0.311. The van der Waals surface area contributed by atoms with E-state index in [1.165, 1.54) is 6.26 Å². The Bertz CT molecular complexity index is 1400. The molecule has 9 heteroatoms. The van der Waals surface area contributed by atoms with Crippen LogP contribution < -0.4 is 20.3 Å². The minimum atomic E-state index is 0.416. The molecule has 9 nitrogen and oxygen atoms in total. The third-order valence-corrected chi connectivity index (χ3v) is 6.66. The van der Waals surface area contributed by atoms with Crippen LogP contribution in [0.1, 0.15) is 26.7 Å². The monoisotopic (exact) mass is 539 g/mol. The number of nitriles is 1. The molecule has 0 radical (unpaired) electrons. The van der Waals surface area contributed by atoms with Crippen LogP contribution in [0, 0.1) is 11.3 Å². The van der Waals surface area contributed by atoms with Crippen molar-refractivity contribution in [1.29, 1.82) is 5.26 Å². The Morgan fingerprint density at radius 3 is 2.65 bits per heavy atom. The van der Waals surface area contributed by atoms with E-state index in [4.69, 9.17) is 14.1 Å². The average molecular weight is 540 g/mol. The minimum Gasteiger partial charge on any atom is -0.495 e. The van der Waals surface area contributed by atoms with Gasteiger partial charge in [-0.25, -0.2) is 9.98 Å². The number of aromatic nitrogens is 1. The molecule has 1 aromatic heterocycles. The van der Waals surface area contributed by atoms with Crippen molar-refractivity contribution in [3.63, 3.8) is 0 Å². The molecule has 1 aliphatic heterocycles. The zero-order valence-electron chi connectivity index (χ0n) is 23.6. The number of nitrogens with zero attached hydrogens (tertiary/aromatic N) is 5. The number of likely N-dealkylation sites (N-methyl/N-ethyl adjacent to an activating group) is 1. The summed E-state index contributed by atoms with van der Waals surface area (Å²) < 4.78 is 11.2. The summed E-state index contributed by atoms with van der Waals surface area (Å²) in [5.41, 5.74) is 3.85. The average Bonchev–Trinajstić information content (AvgIpc) is 3.52. The maximum atomic E-state index is 9.93. The second-order valence-electron chi connectivity index (χ2n) is 9.46. The number of hydrogen-bond acceptors (Lipinski definition) is 8. The van der Waals surface area contributed by atoms with E-state index in [0.29, 0.717) is 23.1 Å². The first kappa shape index (κ1) is 28.5. The molecule has 0 atom stereocenters. The molecule has 0 aliphatic carbocycles. The first-order valence-corrected chi connectivity index (χ1v) is 13.6. The standard InChI is InChI=1S/C31H37N7O2/c1-5-7-12-29(34-24-13-14-28(39-4)27(21-24)38-18-16-37(3)17-19-38)36-30(23(6-2)22-32)35-26-11-9-8-10-25(26)31-33-15-20-40-31/h6,8-15,20-21,34H,5,7,16-19H2,1-4H3,(H,35,36)/b23-6-,29-12+. The highest BCUT2D eigenvalue weighted by atomic mass is 16.5. The van der Waals surface area contributed by atoms with Crippen LogP contribution >= 0.6 is 0 Å². The summed E-state index contributed by atoms with van der Waals surface area (Å²) in [6, 6.07) is 16.0. The number of piperazine rings is 1. The lowest BCUT2D eigenvalue weighted by Crippen LogP contribution is -2.44. The van der Waals surface area contributed by atoms with Gasteiger partial charge in [0.15, 0.2) is 0 Å². The fourth-order valence-corrected chi connectivity index (χ4v) is 4.41. The van der Waals surface area contributed by atoms with Gasteiger partial charge in [0.1, 0.15) is 29.7 Å². The highest BCUT2D eigenvalue weighted by Crippen LogP contribution is 2.33. The number of nitrogens with one attached hydrogen (secondary N) is 2. The van der Waals surface area contributed by atoms with E-state index >= 15 is 0 Å². The molecule has 2 aromatic carbocycles. The summed E-state index contributed by atoms with van der Waals surface area (Å²) in [4.78, 5) is 13.9. The number of ether oxygens (including phenoxy) is 1. The van der Waals surface area contributed by atoms with Gasteiger partial charge in [-0.15, -0.1) is 0 Å². The van der Waals surface area contributed by atoms with Crippen molar-refractivity contribution >= 4 is 22.9 Å². The van der Waals surface area contributed by atoms with E-state index in [2.05, 4.69) is 51.5 Å². The molecule has 3 aromatic rings. The van der Waals surface area contributed by atoms with Crippen molar-refractivity contribution < 1.29 is 9.15 Å². The number of benzene rings is 2. The van der Waals surface area contributed by atoms with Gasteiger partial charge in [-0.3, -0.25) is 0 Å². The number of methoxy groups -OCH3 is 1. The number of unbranched alkanes of at least 4 members (excludes halogenated alkanes) is 1. The predicted molar refractivity (Wildman–Crippen MR) is 162 cm³/mol. The molecule has 1 fully saturated rings. The number of amidine groups is 1. The van der Waals surface area contributed by atoms with Crippen molar-refractivity contribution in [3.05, 3.63) is 78.5 Å². The van der Waals surface area contributed by atoms with Crippen LogP contribution in [0.5, 0.6) is 5.75 Å². The Balaban J connectivity index is 1.68. The molecular formula is C31H37N7O2. The fourth-order valence-electron chi connectivity index (χ4n) is 4.41. The second kappa shape index (κ2) is 14.0. The molecular weight excluding hydrogens is 502 g/mol. The van der Waals surface area contributed by atoms with Crippen LogP contribution in [0.25, 0.3) is 11.5 Å². The third-order valence-electron chi connectivity index (χ3n) is 6.66. The van der Waals surface area contributed by atoms with Crippen molar-refractivity contribution in [2.24, 2.45) is 4.99 Å². The van der Waals surface area contributed by atoms with Crippen LogP contribution in [-0.2, 0) is 0 Å². The van der Waals surface area contributed by atoms with Gasteiger partial charge in [0.05, 0.1) is 35.8 Å². The number of oxazole rings is 1. The van der Waals surface area contributed by atoms with Gasteiger partial charge in [0, 0.05) is 31.9 Å². The molecule has 208 valence electrons. The molecule has 0 saturated carbocycles. The zero-order valence-corrected chi connectivity index (χ0v) is 23.6. The third kappa shape index (κ3) is 7.10. The van der Waals surface area contributed by atoms with E-state index < -0.39 is 0 Å². The molecule has 1 aliphatic rings. The fraction of sp³-hybridized carbons (Fsp3) is 0.323. The van der Waals surface area contributed by atoms with Crippen molar-refractivity contribution in [3.8, 4) is 23.3 Å². The Labute approximate surface area is 236 Å². The molecule has 40 heavy (non-hydrogen) atoms. The highest BCUT2D eigenvalue weighted by molar-refractivity contribution is 6.12. The number of hydrogen-bond donors (Lipinski definition) is 2. The Morgan fingerprint density at radius 1 is 1.18 bits per heavy atom. The van der Waals surface area contributed by atoms with Gasteiger partial charge in [0.25, 0.3) is 0 Å². The summed E-state index contributed by atoms with van der Waals surface area (Å²) in [5.74, 6) is 2.38. The van der Waals surface area contributed by atoms with Crippen LogP contribution in [0.4, 0.5) is 17.1 Å². The molecule has 4 rings (SSSR count). The summed E-state index contributed by atoms with van der Waals surface area (Å²) in [7, 11) is 3.85. The first-order valence-electron chi connectivity index (χ1n) is 13.6. The summed E-state index contributed by atoms with van der Waals surface area (Å²) in [6.45, 7) is 7.79. The van der Waals surface area contributed by atoms with Gasteiger partial charge in [-0.05, 0) is 56.8 Å². The lowest BCUT2D eigenvalue weighted by Gasteiger charge is -2.35. The van der Waals surface area contributed by atoms with E-state index in [1.54, 1.807) is 19.4 Å². The quantitative estimate of drug-likeness (QED) is 0.180. The van der Waals surface area contributed by atoms with E-state index in [0.717, 1.165) is 67.4 Å². The topological polar surface area (TPSA) is 102 Å². The maximum Gasteiger partial charge on any atom is 0.227 e. The van der Waals surface area contributed by atoms with Crippen LogP contribution in [0.3, 0.4) is 0 Å². The predicted octanol–water partition coefficient (Wildman–Crippen LogP) is 6.14. The SMILES string of the molecule is C\C=C(C#N)/C(=N/C(=C/CCC)Nc1ccc(OC)c(N2CCN(C)CC2)c1)Nc1ccccc1-c1ncco1. The van der Waals surface area contributed by atoms with Gasteiger partial charge >= 0.3 is 0 Å². The number of allylic oxidation sites excluding steroid dienone is 2. The van der Waals surface area contributed by atoms with Crippen molar-refractivity contribution in [1.82, 2.24) is 9.88 Å². The van der Waals surface area contributed by atoms with Gasteiger partial charge in [-0.1, -0.05) is 31.6 Å². The Hall–Kier alpha value is -4.55. The number of rotatable bonds is 10. The Morgan fingerprint density at radius 2 is 1.98 bits per heavy atom.